The number of amides is 1. The van der Waals surface area contributed by atoms with Gasteiger partial charge in [-0.1, -0.05) is 31.3 Å². The van der Waals surface area contributed by atoms with Crippen LogP contribution in [0.1, 0.15) is 24.2 Å². The van der Waals surface area contributed by atoms with Gasteiger partial charge in [0.2, 0.25) is 10.0 Å². The second-order valence-corrected chi connectivity index (χ2v) is 8.67. The SMILES string of the molecule is CCN(CC)S(=O)(=O)c1cccc(C(=O)Nc2nc3ccc(F)cc3s2)c1. The lowest BCUT2D eigenvalue weighted by atomic mass is 10.2. The Morgan fingerprint density at radius 1 is 1.19 bits per heavy atom. The second-order valence-electron chi connectivity index (χ2n) is 5.70. The number of anilines is 1. The van der Waals surface area contributed by atoms with Gasteiger partial charge in [-0.3, -0.25) is 10.1 Å². The first kappa shape index (κ1) is 19.4. The Labute approximate surface area is 160 Å². The maximum atomic E-state index is 13.3. The molecule has 1 N–H and O–H groups in total. The summed E-state index contributed by atoms with van der Waals surface area (Å²) in [6.45, 7) is 4.20. The number of carbonyl (C=O) groups is 1. The molecule has 0 aliphatic heterocycles. The van der Waals surface area contributed by atoms with Crippen molar-refractivity contribution in [3.05, 3.63) is 53.8 Å². The van der Waals surface area contributed by atoms with Crippen LogP contribution >= 0.6 is 11.3 Å². The summed E-state index contributed by atoms with van der Waals surface area (Å²) < 4.78 is 40.5. The molecule has 1 aromatic heterocycles. The molecule has 1 amide bonds. The number of nitrogens with zero attached hydrogens (tertiary/aromatic N) is 2. The van der Waals surface area contributed by atoms with Crippen molar-refractivity contribution in [2.24, 2.45) is 0 Å². The molecule has 0 aliphatic carbocycles. The first-order valence-corrected chi connectivity index (χ1v) is 10.6. The number of sulfonamides is 1. The third-order valence-electron chi connectivity index (χ3n) is 4.01. The van der Waals surface area contributed by atoms with Gasteiger partial charge >= 0.3 is 0 Å². The van der Waals surface area contributed by atoms with E-state index in [1.807, 2.05) is 0 Å². The van der Waals surface area contributed by atoms with Crippen LogP contribution < -0.4 is 5.32 Å². The first-order chi connectivity index (χ1) is 12.8. The Bertz CT molecular complexity index is 1090. The molecule has 0 atom stereocenters. The van der Waals surface area contributed by atoms with Crippen molar-refractivity contribution in [1.82, 2.24) is 9.29 Å². The number of nitrogens with one attached hydrogen (secondary N) is 1. The third-order valence-corrected chi connectivity index (χ3v) is 6.99. The molecule has 0 fully saturated rings. The van der Waals surface area contributed by atoms with Crippen molar-refractivity contribution in [1.29, 1.82) is 0 Å². The molecule has 3 rings (SSSR count). The topological polar surface area (TPSA) is 79.4 Å². The van der Waals surface area contributed by atoms with Crippen molar-refractivity contribution in [2.75, 3.05) is 18.4 Å². The summed E-state index contributed by atoms with van der Waals surface area (Å²) in [5.74, 6) is -0.857. The van der Waals surface area contributed by atoms with Crippen LogP contribution in [0.25, 0.3) is 10.2 Å². The normalized spacial score (nSPS) is 11.9. The summed E-state index contributed by atoms with van der Waals surface area (Å²) in [6.07, 6.45) is 0. The Kier molecular flexibility index (Phi) is 5.54. The zero-order chi connectivity index (χ0) is 19.6. The van der Waals surface area contributed by atoms with Gasteiger partial charge in [-0.2, -0.15) is 4.31 Å². The Morgan fingerprint density at radius 2 is 1.93 bits per heavy atom. The molecule has 2 aromatic carbocycles. The quantitative estimate of drug-likeness (QED) is 0.675. The molecule has 0 unspecified atom stereocenters. The highest BCUT2D eigenvalue weighted by molar-refractivity contribution is 7.89. The van der Waals surface area contributed by atoms with E-state index in [9.17, 15) is 17.6 Å². The molecule has 0 saturated carbocycles. The van der Waals surface area contributed by atoms with Crippen molar-refractivity contribution in [2.45, 2.75) is 18.7 Å². The van der Waals surface area contributed by atoms with Gasteiger partial charge in [-0.05, 0) is 36.4 Å². The van der Waals surface area contributed by atoms with Gasteiger partial charge in [-0.15, -0.1) is 0 Å². The summed E-state index contributed by atoms with van der Waals surface area (Å²) in [6, 6.07) is 10.0. The van der Waals surface area contributed by atoms with E-state index in [1.165, 1.54) is 46.8 Å². The predicted molar refractivity (Wildman–Crippen MR) is 104 cm³/mol. The molecule has 6 nitrogen and oxygen atoms in total. The van der Waals surface area contributed by atoms with Crippen LogP contribution in [0.2, 0.25) is 0 Å². The molecule has 9 heteroatoms. The van der Waals surface area contributed by atoms with Gasteiger partial charge in [0.25, 0.3) is 5.91 Å². The molecule has 0 spiro atoms. The number of carbonyl (C=O) groups excluding carboxylic acids is 1. The minimum absolute atomic E-state index is 0.0604. The molecule has 27 heavy (non-hydrogen) atoms. The van der Waals surface area contributed by atoms with Gasteiger partial charge in [0.1, 0.15) is 5.82 Å². The first-order valence-electron chi connectivity index (χ1n) is 8.32. The Morgan fingerprint density at radius 3 is 2.63 bits per heavy atom. The Hall–Kier alpha value is -2.36. The number of thiazole rings is 1. The minimum atomic E-state index is -3.66. The molecule has 3 aromatic rings. The highest BCUT2D eigenvalue weighted by atomic mass is 32.2. The lowest BCUT2D eigenvalue weighted by Crippen LogP contribution is -2.30. The van der Waals surface area contributed by atoms with Gasteiger partial charge in [0.15, 0.2) is 5.13 Å². The van der Waals surface area contributed by atoms with E-state index in [4.69, 9.17) is 0 Å². The number of aromatic nitrogens is 1. The van der Waals surface area contributed by atoms with E-state index < -0.39 is 15.9 Å². The van der Waals surface area contributed by atoms with Gasteiger partial charge < -0.3 is 0 Å². The van der Waals surface area contributed by atoms with Crippen LogP contribution in [0.4, 0.5) is 9.52 Å². The standard InChI is InChI=1S/C18H18FN3O3S2/c1-3-22(4-2)27(24,25)14-7-5-6-12(10-14)17(23)21-18-20-15-9-8-13(19)11-16(15)26-18/h5-11H,3-4H2,1-2H3,(H,20,21,23). The molecule has 1 heterocycles. The van der Waals surface area contributed by atoms with E-state index in [2.05, 4.69) is 10.3 Å². The maximum absolute atomic E-state index is 13.3. The lowest BCUT2D eigenvalue weighted by Gasteiger charge is -2.18. The van der Waals surface area contributed by atoms with E-state index >= 15 is 0 Å². The van der Waals surface area contributed by atoms with Gasteiger partial charge in [0.05, 0.1) is 15.1 Å². The van der Waals surface area contributed by atoms with Crippen molar-refractivity contribution in [3.8, 4) is 0 Å². The van der Waals surface area contributed by atoms with E-state index in [-0.39, 0.29) is 16.3 Å². The highest BCUT2D eigenvalue weighted by Crippen LogP contribution is 2.27. The lowest BCUT2D eigenvalue weighted by molar-refractivity contribution is 0.102. The Balaban J connectivity index is 1.86. The molecule has 0 aliphatic rings. The van der Waals surface area contributed by atoms with E-state index in [0.717, 1.165) is 11.3 Å². The molecular formula is C18H18FN3O3S2. The van der Waals surface area contributed by atoms with Crippen LogP contribution in [0, 0.1) is 5.82 Å². The van der Waals surface area contributed by atoms with Crippen molar-refractivity contribution < 1.29 is 17.6 Å². The summed E-state index contributed by atoms with van der Waals surface area (Å²) in [7, 11) is -3.66. The number of rotatable bonds is 6. The molecule has 0 radical (unpaired) electrons. The summed E-state index contributed by atoms with van der Waals surface area (Å²) >= 11 is 1.15. The zero-order valence-corrected chi connectivity index (χ0v) is 16.4. The maximum Gasteiger partial charge on any atom is 0.257 e. The summed E-state index contributed by atoms with van der Waals surface area (Å²) in [5.41, 5.74) is 0.781. The average molecular weight is 407 g/mol. The van der Waals surface area contributed by atoms with Crippen molar-refractivity contribution >= 4 is 42.6 Å². The van der Waals surface area contributed by atoms with Crippen LogP contribution in [0.3, 0.4) is 0 Å². The van der Waals surface area contributed by atoms with E-state index in [0.29, 0.717) is 28.4 Å². The molecule has 0 bridgehead atoms. The summed E-state index contributed by atoms with van der Waals surface area (Å²) in [4.78, 5) is 16.8. The summed E-state index contributed by atoms with van der Waals surface area (Å²) in [5, 5.41) is 2.96. The monoisotopic (exact) mass is 407 g/mol. The van der Waals surface area contributed by atoms with Crippen LogP contribution in [-0.4, -0.2) is 36.7 Å². The number of halogens is 1. The smallest absolute Gasteiger partial charge is 0.257 e. The van der Waals surface area contributed by atoms with Crippen LogP contribution in [-0.2, 0) is 10.0 Å². The third kappa shape index (κ3) is 4.00. The number of benzene rings is 2. The molecule has 142 valence electrons. The second kappa shape index (κ2) is 7.71. The fourth-order valence-electron chi connectivity index (χ4n) is 2.63. The highest BCUT2D eigenvalue weighted by Gasteiger charge is 2.22. The van der Waals surface area contributed by atoms with Crippen LogP contribution in [0.15, 0.2) is 47.4 Å². The van der Waals surface area contributed by atoms with Crippen LogP contribution in [0.5, 0.6) is 0 Å². The number of hydrogen-bond acceptors (Lipinski definition) is 5. The van der Waals surface area contributed by atoms with Gasteiger partial charge in [-0.25, -0.2) is 17.8 Å². The van der Waals surface area contributed by atoms with E-state index in [1.54, 1.807) is 13.8 Å². The average Bonchev–Trinajstić information content (AvgIpc) is 3.03. The fraction of sp³-hybridized carbons (Fsp3) is 0.222. The largest absolute Gasteiger partial charge is 0.298 e. The molecule has 0 saturated heterocycles. The number of hydrogen-bond donors (Lipinski definition) is 1. The minimum Gasteiger partial charge on any atom is -0.298 e. The molecular weight excluding hydrogens is 389 g/mol. The van der Waals surface area contributed by atoms with Gasteiger partial charge in [0, 0.05) is 18.7 Å². The zero-order valence-electron chi connectivity index (χ0n) is 14.8. The number of fused-ring (bicyclic) bond motifs is 1. The van der Waals surface area contributed by atoms with Crippen molar-refractivity contribution in [3.63, 3.8) is 0 Å². The fourth-order valence-corrected chi connectivity index (χ4v) is 5.02. The predicted octanol–water partition coefficient (Wildman–Crippen LogP) is 3.72.